The van der Waals surface area contributed by atoms with Crippen molar-refractivity contribution in [2.24, 2.45) is 10.7 Å². The predicted octanol–water partition coefficient (Wildman–Crippen LogP) is 3.67. The van der Waals surface area contributed by atoms with Crippen LogP contribution < -0.4 is 5.73 Å². The van der Waals surface area contributed by atoms with Gasteiger partial charge in [-0.05, 0) is 41.8 Å². The van der Waals surface area contributed by atoms with E-state index >= 15 is 0 Å². The first-order chi connectivity index (χ1) is 16.3. The minimum absolute atomic E-state index is 0.0165. The Kier molecular flexibility index (Phi) is 6.28. The number of amides is 1. The summed E-state index contributed by atoms with van der Waals surface area (Å²) in [5.41, 5.74) is 6.55. The summed E-state index contributed by atoms with van der Waals surface area (Å²) in [5, 5.41) is 0. The molecule has 1 aliphatic rings. The van der Waals surface area contributed by atoms with Gasteiger partial charge in [0.2, 0.25) is 5.95 Å². The molecule has 4 rings (SSSR count). The van der Waals surface area contributed by atoms with Crippen molar-refractivity contribution >= 4 is 17.6 Å². The average Bonchev–Trinajstić information content (AvgIpc) is 3.38. The summed E-state index contributed by atoms with van der Waals surface area (Å²) >= 11 is 0. The topological polar surface area (TPSA) is 93.6 Å². The molecule has 0 radical (unpaired) electrons. The maximum absolute atomic E-state index is 14.4. The summed E-state index contributed by atoms with van der Waals surface area (Å²) in [6, 6.07) is 11.6. The number of aryl methyl sites for hydroxylation is 1. The number of aromatic nitrogens is 2. The number of carbonyl (C=O) groups is 2. The highest BCUT2D eigenvalue weighted by Crippen LogP contribution is 2.41. The molecule has 0 aliphatic carbocycles. The van der Waals surface area contributed by atoms with Gasteiger partial charge < -0.3 is 10.3 Å². The molecule has 1 aromatic carbocycles. The van der Waals surface area contributed by atoms with Gasteiger partial charge in [0, 0.05) is 43.5 Å². The Hall–Kier alpha value is -3.88. The zero-order valence-electron chi connectivity index (χ0n) is 19.0. The number of Topliss-reactive ketones (excluding diaryl/α,β-unsaturated/α-hetero) is 1. The van der Waals surface area contributed by atoms with Crippen LogP contribution in [0.3, 0.4) is 0 Å². The van der Waals surface area contributed by atoms with Crippen LogP contribution in [0.25, 0.3) is 11.1 Å². The summed E-state index contributed by atoms with van der Waals surface area (Å²) in [7, 11) is 1.52. The van der Waals surface area contributed by atoms with Gasteiger partial charge in [-0.3, -0.25) is 18.9 Å². The number of hydrogen-bond donors (Lipinski definition) is 1. The first kappa shape index (κ1) is 23.3. The van der Waals surface area contributed by atoms with E-state index in [1.165, 1.54) is 18.1 Å². The fraction of sp³-hybridized carbons (Fsp3) is 0.280. The first-order valence-corrected chi connectivity index (χ1v) is 11.0. The number of benzene rings is 1. The number of nitrogens with two attached hydrogens (primary N) is 1. The van der Waals surface area contributed by atoms with Crippen LogP contribution in [0.15, 0.2) is 59.9 Å². The highest BCUT2D eigenvalue weighted by molar-refractivity contribution is 6.09. The van der Waals surface area contributed by atoms with Gasteiger partial charge in [-0.25, -0.2) is 9.98 Å². The van der Waals surface area contributed by atoms with E-state index in [9.17, 15) is 18.4 Å². The zero-order chi connectivity index (χ0) is 24.5. The van der Waals surface area contributed by atoms with Crippen molar-refractivity contribution < 1.29 is 18.4 Å². The molecule has 3 heterocycles. The summed E-state index contributed by atoms with van der Waals surface area (Å²) in [6.45, 7) is 1.47. The van der Waals surface area contributed by atoms with Gasteiger partial charge in [-0.2, -0.15) is 4.39 Å². The number of alkyl halides is 1. The van der Waals surface area contributed by atoms with Crippen LogP contribution in [-0.2, 0) is 16.9 Å². The summed E-state index contributed by atoms with van der Waals surface area (Å²) < 4.78 is 29.0. The SMILES string of the molecule is CCC(=O)c1cc(C2(c3cccc(-c4cccnc4F)c3)N=C(N)N(C)C2=O)cn1CCCF. The molecule has 176 valence electrons. The highest BCUT2D eigenvalue weighted by Gasteiger charge is 2.50. The normalized spacial score (nSPS) is 17.8. The molecule has 1 aliphatic heterocycles. The van der Waals surface area contributed by atoms with Crippen LogP contribution in [0, 0.1) is 5.95 Å². The van der Waals surface area contributed by atoms with Crippen LogP contribution in [0.5, 0.6) is 0 Å². The number of likely N-dealkylation sites (N-methyl/N-ethyl adjacent to an activating group) is 1. The maximum Gasteiger partial charge on any atom is 0.266 e. The van der Waals surface area contributed by atoms with Crippen molar-refractivity contribution in [2.45, 2.75) is 31.8 Å². The van der Waals surface area contributed by atoms with Crippen LogP contribution in [0.1, 0.15) is 41.4 Å². The van der Waals surface area contributed by atoms with Gasteiger partial charge >= 0.3 is 0 Å². The number of aliphatic imine (C=N–C) groups is 1. The lowest BCUT2D eigenvalue weighted by molar-refractivity contribution is -0.129. The van der Waals surface area contributed by atoms with Crippen molar-refractivity contribution in [3.8, 4) is 11.1 Å². The third-order valence-corrected chi connectivity index (χ3v) is 6.04. The fourth-order valence-electron chi connectivity index (χ4n) is 4.24. The van der Waals surface area contributed by atoms with E-state index in [-0.39, 0.29) is 36.7 Å². The molecule has 1 unspecified atom stereocenters. The lowest BCUT2D eigenvalue weighted by Crippen LogP contribution is -2.41. The lowest BCUT2D eigenvalue weighted by atomic mass is 9.83. The minimum atomic E-state index is -1.57. The molecule has 2 N–H and O–H groups in total. The lowest BCUT2D eigenvalue weighted by Gasteiger charge is -2.25. The van der Waals surface area contributed by atoms with Crippen LogP contribution in [0.2, 0.25) is 0 Å². The Morgan fingerprint density at radius 2 is 1.97 bits per heavy atom. The van der Waals surface area contributed by atoms with E-state index in [2.05, 4.69) is 9.98 Å². The van der Waals surface area contributed by atoms with Gasteiger partial charge in [0.25, 0.3) is 5.91 Å². The monoisotopic (exact) mass is 465 g/mol. The van der Waals surface area contributed by atoms with Crippen molar-refractivity contribution in [1.82, 2.24) is 14.5 Å². The van der Waals surface area contributed by atoms with Crippen molar-refractivity contribution in [3.63, 3.8) is 0 Å². The number of guanidine groups is 1. The summed E-state index contributed by atoms with van der Waals surface area (Å²) in [5.74, 6) is -1.17. The zero-order valence-corrected chi connectivity index (χ0v) is 19.0. The third-order valence-electron chi connectivity index (χ3n) is 6.04. The molecule has 0 fully saturated rings. The summed E-state index contributed by atoms with van der Waals surface area (Å²) in [6.07, 6.45) is 3.49. The average molecular weight is 466 g/mol. The van der Waals surface area contributed by atoms with Gasteiger partial charge in [-0.1, -0.05) is 25.1 Å². The maximum atomic E-state index is 14.4. The number of ketones is 1. The molecule has 0 saturated heterocycles. The van der Waals surface area contributed by atoms with Crippen LogP contribution >= 0.6 is 0 Å². The van der Waals surface area contributed by atoms with Gasteiger partial charge in [0.05, 0.1) is 12.4 Å². The second kappa shape index (κ2) is 9.17. The molecule has 0 bridgehead atoms. The third kappa shape index (κ3) is 3.76. The number of nitrogens with zero attached hydrogens (tertiary/aromatic N) is 4. The quantitative estimate of drug-likeness (QED) is 0.406. The van der Waals surface area contributed by atoms with Crippen molar-refractivity contribution in [3.05, 3.63) is 77.6 Å². The van der Waals surface area contributed by atoms with Crippen molar-refractivity contribution in [2.75, 3.05) is 13.7 Å². The number of hydrogen-bond acceptors (Lipinski definition) is 5. The predicted molar refractivity (Wildman–Crippen MR) is 124 cm³/mol. The Morgan fingerprint density at radius 1 is 1.18 bits per heavy atom. The molecular weight excluding hydrogens is 440 g/mol. The number of carbonyl (C=O) groups excluding carboxylic acids is 2. The minimum Gasteiger partial charge on any atom is -0.369 e. The van der Waals surface area contributed by atoms with Crippen molar-refractivity contribution in [1.29, 1.82) is 0 Å². The van der Waals surface area contributed by atoms with Crippen LogP contribution in [-0.4, -0.2) is 45.8 Å². The molecular formula is C25H25F2N5O2. The number of pyridine rings is 1. The second-order valence-corrected chi connectivity index (χ2v) is 8.09. The van der Waals surface area contributed by atoms with E-state index < -0.39 is 24.1 Å². The molecule has 3 aromatic rings. The molecule has 1 amide bonds. The smallest absolute Gasteiger partial charge is 0.266 e. The molecule has 9 heteroatoms. The molecule has 2 aromatic heterocycles. The molecule has 34 heavy (non-hydrogen) atoms. The fourth-order valence-corrected chi connectivity index (χ4v) is 4.24. The largest absolute Gasteiger partial charge is 0.369 e. The van der Waals surface area contributed by atoms with Crippen LogP contribution in [0.4, 0.5) is 8.78 Å². The summed E-state index contributed by atoms with van der Waals surface area (Å²) in [4.78, 5) is 35.8. The molecule has 0 spiro atoms. The standard InChI is InChI=1S/C25H25F2N5O2/c1-3-21(33)20-14-18(15-32(20)12-6-10-26)25(23(34)31(2)24(28)30-25)17-8-4-7-16(13-17)19-9-5-11-29-22(19)27/h4-5,7-9,11,13-15H,3,6,10,12H2,1-2H3,(H2,28,30). The number of rotatable bonds is 8. The Bertz CT molecular complexity index is 1290. The van der Waals surface area contributed by atoms with Gasteiger partial charge in [-0.15, -0.1) is 0 Å². The Labute approximate surface area is 195 Å². The highest BCUT2D eigenvalue weighted by atomic mass is 19.1. The first-order valence-electron chi connectivity index (χ1n) is 11.0. The number of halogens is 2. The second-order valence-electron chi connectivity index (χ2n) is 8.09. The molecule has 7 nitrogen and oxygen atoms in total. The Balaban J connectivity index is 1.94. The van der Waals surface area contributed by atoms with E-state index in [1.807, 2.05) is 0 Å². The van der Waals surface area contributed by atoms with Gasteiger partial charge in [0.1, 0.15) is 0 Å². The van der Waals surface area contributed by atoms with E-state index in [4.69, 9.17) is 5.73 Å². The van der Waals surface area contributed by atoms with E-state index in [1.54, 1.807) is 60.2 Å². The van der Waals surface area contributed by atoms with E-state index in [0.29, 0.717) is 22.4 Å². The van der Waals surface area contributed by atoms with E-state index in [0.717, 1.165) is 0 Å². The Morgan fingerprint density at radius 3 is 2.62 bits per heavy atom. The molecule has 1 atom stereocenters. The molecule has 0 saturated carbocycles. The van der Waals surface area contributed by atoms with Gasteiger partial charge in [0.15, 0.2) is 17.3 Å².